The lowest BCUT2D eigenvalue weighted by atomic mass is 10.1. The lowest BCUT2D eigenvalue weighted by Gasteiger charge is -2.06. The summed E-state index contributed by atoms with van der Waals surface area (Å²) < 4.78 is 0.742. The summed E-state index contributed by atoms with van der Waals surface area (Å²) in [5, 5.41) is 2.82. The van der Waals surface area contributed by atoms with Gasteiger partial charge in [0.2, 0.25) is 0 Å². The van der Waals surface area contributed by atoms with Gasteiger partial charge in [-0.1, -0.05) is 17.2 Å². The Morgan fingerprint density at radius 1 is 1.17 bits per heavy atom. The third kappa shape index (κ3) is 3.17. The summed E-state index contributed by atoms with van der Waals surface area (Å²) in [4.78, 5) is 16.1. The molecule has 2 aromatic rings. The third-order valence-electron chi connectivity index (χ3n) is 2.47. The summed E-state index contributed by atoms with van der Waals surface area (Å²) in [5.74, 6) is -0.120. The number of pyridine rings is 1. The molecular weight excluding hydrogens is 292 g/mol. The molecule has 0 unspecified atom stereocenters. The van der Waals surface area contributed by atoms with Gasteiger partial charge in [0, 0.05) is 5.56 Å². The monoisotopic (exact) mass is 304 g/mol. The Kier molecular flexibility index (Phi) is 3.77. The van der Waals surface area contributed by atoms with E-state index in [1.54, 1.807) is 18.3 Å². The van der Waals surface area contributed by atoms with Crippen LogP contribution in [0.1, 0.15) is 21.5 Å². The minimum absolute atomic E-state index is 0.120. The van der Waals surface area contributed by atoms with Crippen LogP contribution in [-0.4, -0.2) is 10.9 Å². The highest BCUT2D eigenvalue weighted by atomic mass is 79.9. The van der Waals surface area contributed by atoms with E-state index in [4.69, 9.17) is 0 Å². The van der Waals surface area contributed by atoms with Gasteiger partial charge in [-0.3, -0.25) is 4.79 Å². The molecule has 2 rings (SSSR count). The van der Waals surface area contributed by atoms with E-state index in [1.165, 1.54) is 0 Å². The topological polar surface area (TPSA) is 42.0 Å². The number of nitrogens with zero attached hydrogens (tertiary/aromatic N) is 1. The maximum Gasteiger partial charge on any atom is 0.255 e. The Morgan fingerprint density at radius 3 is 2.39 bits per heavy atom. The number of rotatable bonds is 2. The van der Waals surface area contributed by atoms with E-state index >= 15 is 0 Å². The van der Waals surface area contributed by atoms with Gasteiger partial charge in [0.15, 0.2) is 0 Å². The molecule has 0 aliphatic heterocycles. The summed E-state index contributed by atoms with van der Waals surface area (Å²) >= 11 is 3.25. The summed E-state index contributed by atoms with van der Waals surface area (Å²) in [6.07, 6.45) is 1.62. The first-order valence-corrected chi connectivity index (χ1v) is 6.35. The van der Waals surface area contributed by atoms with Crippen molar-refractivity contribution in [2.24, 2.45) is 0 Å². The predicted octanol–water partition coefficient (Wildman–Crippen LogP) is 3.71. The van der Waals surface area contributed by atoms with Crippen molar-refractivity contribution in [2.75, 3.05) is 5.32 Å². The van der Waals surface area contributed by atoms with Crippen LogP contribution in [0, 0.1) is 13.8 Å². The second kappa shape index (κ2) is 5.31. The second-order valence-corrected chi connectivity index (χ2v) is 5.01. The Hall–Kier alpha value is -1.68. The van der Waals surface area contributed by atoms with E-state index in [0.29, 0.717) is 11.3 Å². The number of carbonyl (C=O) groups is 1. The SMILES string of the molecule is Cc1cc(C)cc(C(=O)Nc2ccc(Br)nc2)c1. The molecular formula is C14H13BrN2O. The van der Waals surface area contributed by atoms with Gasteiger partial charge in [-0.15, -0.1) is 0 Å². The van der Waals surface area contributed by atoms with Crippen molar-refractivity contribution < 1.29 is 4.79 Å². The molecule has 3 nitrogen and oxygen atoms in total. The maximum absolute atomic E-state index is 12.1. The molecule has 0 saturated heterocycles. The van der Waals surface area contributed by atoms with E-state index in [0.717, 1.165) is 15.7 Å². The van der Waals surface area contributed by atoms with Gasteiger partial charge >= 0.3 is 0 Å². The van der Waals surface area contributed by atoms with Crippen LogP contribution in [0.4, 0.5) is 5.69 Å². The molecule has 0 fully saturated rings. The number of hydrogen-bond acceptors (Lipinski definition) is 2. The van der Waals surface area contributed by atoms with E-state index in [9.17, 15) is 4.79 Å². The number of aryl methyl sites for hydroxylation is 2. The molecule has 1 aromatic heterocycles. The predicted molar refractivity (Wildman–Crippen MR) is 75.8 cm³/mol. The number of anilines is 1. The summed E-state index contributed by atoms with van der Waals surface area (Å²) in [6.45, 7) is 3.95. The lowest BCUT2D eigenvalue weighted by molar-refractivity contribution is 0.102. The van der Waals surface area contributed by atoms with Crippen LogP contribution in [-0.2, 0) is 0 Å². The second-order valence-electron chi connectivity index (χ2n) is 4.20. The zero-order chi connectivity index (χ0) is 13.1. The molecule has 1 N–H and O–H groups in total. The Morgan fingerprint density at radius 2 is 1.83 bits per heavy atom. The number of nitrogens with one attached hydrogen (secondary N) is 1. The Bertz CT molecular complexity index is 559. The first-order chi connectivity index (χ1) is 8.54. The highest BCUT2D eigenvalue weighted by Gasteiger charge is 2.07. The van der Waals surface area contributed by atoms with Gasteiger partial charge in [0.25, 0.3) is 5.91 Å². The molecule has 0 atom stereocenters. The van der Waals surface area contributed by atoms with Crippen molar-refractivity contribution in [2.45, 2.75) is 13.8 Å². The van der Waals surface area contributed by atoms with Gasteiger partial charge in [0.05, 0.1) is 11.9 Å². The molecule has 18 heavy (non-hydrogen) atoms. The minimum Gasteiger partial charge on any atom is -0.321 e. The molecule has 92 valence electrons. The Labute approximate surface area is 114 Å². The maximum atomic E-state index is 12.1. The van der Waals surface area contributed by atoms with Crippen molar-refractivity contribution >= 4 is 27.5 Å². The molecule has 1 amide bonds. The number of hydrogen-bond donors (Lipinski definition) is 1. The summed E-state index contributed by atoms with van der Waals surface area (Å²) in [7, 11) is 0. The van der Waals surface area contributed by atoms with Crippen molar-refractivity contribution in [3.05, 3.63) is 57.8 Å². The van der Waals surface area contributed by atoms with Crippen LogP contribution < -0.4 is 5.32 Å². The molecule has 1 heterocycles. The van der Waals surface area contributed by atoms with E-state index < -0.39 is 0 Å². The van der Waals surface area contributed by atoms with E-state index in [2.05, 4.69) is 26.2 Å². The summed E-state index contributed by atoms with van der Waals surface area (Å²) in [6, 6.07) is 9.37. The fourth-order valence-electron chi connectivity index (χ4n) is 1.76. The van der Waals surface area contributed by atoms with Crippen LogP contribution in [0.3, 0.4) is 0 Å². The van der Waals surface area contributed by atoms with Crippen LogP contribution in [0.2, 0.25) is 0 Å². The largest absolute Gasteiger partial charge is 0.321 e. The fraction of sp³-hybridized carbons (Fsp3) is 0.143. The zero-order valence-electron chi connectivity index (χ0n) is 10.2. The quantitative estimate of drug-likeness (QED) is 0.859. The van der Waals surface area contributed by atoms with Crippen molar-refractivity contribution in [1.82, 2.24) is 4.98 Å². The van der Waals surface area contributed by atoms with Crippen molar-refractivity contribution in [3.63, 3.8) is 0 Å². The fourth-order valence-corrected chi connectivity index (χ4v) is 1.99. The van der Waals surface area contributed by atoms with Crippen LogP contribution in [0.5, 0.6) is 0 Å². The van der Waals surface area contributed by atoms with Crippen molar-refractivity contribution in [3.8, 4) is 0 Å². The van der Waals surface area contributed by atoms with Gasteiger partial charge < -0.3 is 5.32 Å². The molecule has 0 spiro atoms. The molecule has 0 aliphatic carbocycles. The average molecular weight is 305 g/mol. The van der Waals surface area contributed by atoms with Gasteiger partial charge in [-0.05, 0) is 54.0 Å². The van der Waals surface area contributed by atoms with E-state index in [1.807, 2.05) is 32.0 Å². The first kappa shape index (κ1) is 12.8. The highest BCUT2D eigenvalue weighted by Crippen LogP contribution is 2.14. The standard InChI is InChI=1S/C14H13BrN2O/c1-9-5-10(2)7-11(6-9)14(18)17-12-3-4-13(15)16-8-12/h3-8H,1-2H3,(H,17,18). The number of benzene rings is 1. The van der Waals surface area contributed by atoms with Gasteiger partial charge in [0.1, 0.15) is 4.60 Å². The number of amides is 1. The molecule has 4 heteroatoms. The van der Waals surface area contributed by atoms with Crippen LogP contribution in [0.25, 0.3) is 0 Å². The molecule has 0 aliphatic rings. The van der Waals surface area contributed by atoms with Crippen LogP contribution in [0.15, 0.2) is 41.1 Å². The zero-order valence-corrected chi connectivity index (χ0v) is 11.8. The van der Waals surface area contributed by atoms with Crippen molar-refractivity contribution in [1.29, 1.82) is 0 Å². The molecule has 0 bridgehead atoms. The van der Waals surface area contributed by atoms with Crippen LogP contribution >= 0.6 is 15.9 Å². The van der Waals surface area contributed by atoms with E-state index in [-0.39, 0.29) is 5.91 Å². The third-order valence-corrected chi connectivity index (χ3v) is 2.94. The number of aromatic nitrogens is 1. The number of halogens is 1. The molecule has 0 radical (unpaired) electrons. The first-order valence-electron chi connectivity index (χ1n) is 5.56. The summed E-state index contributed by atoms with van der Waals surface area (Å²) in [5.41, 5.74) is 3.50. The van der Waals surface area contributed by atoms with Gasteiger partial charge in [-0.2, -0.15) is 0 Å². The highest BCUT2D eigenvalue weighted by molar-refractivity contribution is 9.10. The smallest absolute Gasteiger partial charge is 0.255 e. The molecule has 0 saturated carbocycles. The average Bonchev–Trinajstić information content (AvgIpc) is 2.31. The lowest BCUT2D eigenvalue weighted by Crippen LogP contribution is -2.12. The minimum atomic E-state index is -0.120. The number of carbonyl (C=O) groups excluding carboxylic acids is 1. The Balaban J connectivity index is 2.19. The van der Waals surface area contributed by atoms with Gasteiger partial charge in [-0.25, -0.2) is 4.98 Å². The molecule has 1 aromatic carbocycles. The normalized spacial score (nSPS) is 10.2.